The molecule has 1 aliphatic rings. The molecule has 1 unspecified atom stereocenters. The topological polar surface area (TPSA) is 64.1 Å². The summed E-state index contributed by atoms with van der Waals surface area (Å²) in [5.74, 6) is 2.30. The predicted octanol–water partition coefficient (Wildman–Crippen LogP) is 1.85. The molecule has 6 heteroatoms. The third-order valence-corrected chi connectivity index (χ3v) is 4.20. The Bertz CT molecular complexity index is 516. The van der Waals surface area contributed by atoms with Crippen LogP contribution in [-0.2, 0) is 15.9 Å². The fraction of sp³-hybridized carbons (Fsp3) is 0.632. The Hall–Kier alpha value is -1.79. The molecule has 25 heavy (non-hydrogen) atoms. The van der Waals surface area contributed by atoms with Gasteiger partial charge in [0.05, 0.1) is 20.3 Å². The molecule has 0 aliphatic carbocycles. The van der Waals surface area contributed by atoms with E-state index < -0.39 is 0 Å². The molecule has 1 saturated heterocycles. The standard InChI is InChI=1S/C19H31N3O3/c1-20-19(21-9-4-11-24-14-17-8-12-25-15-17)22-10-7-16-5-3-6-18(13-16)23-2/h3,5-6,13,17H,4,7-12,14-15H2,1-2H3,(H2,20,21,22). The molecular formula is C19H31N3O3. The minimum absolute atomic E-state index is 0.582. The lowest BCUT2D eigenvalue weighted by molar-refractivity contribution is 0.0888. The normalized spacial score (nSPS) is 17.5. The quantitative estimate of drug-likeness (QED) is 0.383. The summed E-state index contributed by atoms with van der Waals surface area (Å²) < 4.78 is 16.3. The molecule has 0 bridgehead atoms. The van der Waals surface area contributed by atoms with Gasteiger partial charge < -0.3 is 24.8 Å². The van der Waals surface area contributed by atoms with Gasteiger partial charge in [-0.15, -0.1) is 0 Å². The minimum Gasteiger partial charge on any atom is -0.497 e. The van der Waals surface area contributed by atoms with E-state index in [0.717, 1.165) is 70.5 Å². The summed E-state index contributed by atoms with van der Waals surface area (Å²) in [6, 6.07) is 8.13. The molecule has 6 nitrogen and oxygen atoms in total. The van der Waals surface area contributed by atoms with E-state index in [0.29, 0.717) is 5.92 Å². The van der Waals surface area contributed by atoms with E-state index >= 15 is 0 Å². The molecule has 0 spiro atoms. The molecule has 0 amide bonds. The molecular weight excluding hydrogens is 318 g/mol. The molecule has 2 N–H and O–H groups in total. The van der Waals surface area contributed by atoms with Crippen LogP contribution in [0, 0.1) is 5.92 Å². The van der Waals surface area contributed by atoms with Gasteiger partial charge in [0, 0.05) is 39.3 Å². The minimum atomic E-state index is 0.582. The number of rotatable bonds is 10. The first-order valence-electron chi connectivity index (χ1n) is 9.04. The maximum atomic E-state index is 5.70. The van der Waals surface area contributed by atoms with Gasteiger partial charge in [-0.2, -0.15) is 0 Å². The maximum Gasteiger partial charge on any atom is 0.190 e. The van der Waals surface area contributed by atoms with Crippen molar-refractivity contribution in [3.05, 3.63) is 29.8 Å². The summed E-state index contributed by atoms with van der Waals surface area (Å²) in [5.41, 5.74) is 1.24. The summed E-state index contributed by atoms with van der Waals surface area (Å²) in [6.07, 6.45) is 3.01. The molecule has 2 rings (SSSR count). The number of hydrogen-bond donors (Lipinski definition) is 2. The van der Waals surface area contributed by atoms with Gasteiger partial charge in [-0.25, -0.2) is 0 Å². The predicted molar refractivity (Wildman–Crippen MR) is 100 cm³/mol. The Morgan fingerprint density at radius 2 is 2.20 bits per heavy atom. The van der Waals surface area contributed by atoms with E-state index in [4.69, 9.17) is 14.2 Å². The lowest BCUT2D eigenvalue weighted by Gasteiger charge is -2.13. The maximum absolute atomic E-state index is 5.70. The summed E-state index contributed by atoms with van der Waals surface area (Å²) in [5, 5.41) is 6.65. The van der Waals surface area contributed by atoms with Crippen molar-refractivity contribution in [2.75, 3.05) is 53.7 Å². The van der Waals surface area contributed by atoms with Gasteiger partial charge in [0.2, 0.25) is 0 Å². The van der Waals surface area contributed by atoms with E-state index in [1.165, 1.54) is 5.56 Å². The summed E-state index contributed by atoms with van der Waals surface area (Å²) >= 11 is 0. The fourth-order valence-corrected chi connectivity index (χ4v) is 2.72. The van der Waals surface area contributed by atoms with Gasteiger partial charge >= 0.3 is 0 Å². The zero-order valence-electron chi connectivity index (χ0n) is 15.4. The number of hydrogen-bond acceptors (Lipinski definition) is 4. The second-order valence-electron chi connectivity index (χ2n) is 6.19. The third-order valence-electron chi connectivity index (χ3n) is 4.20. The second kappa shape index (κ2) is 11.7. The van der Waals surface area contributed by atoms with Crippen molar-refractivity contribution in [2.45, 2.75) is 19.3 Å². The highest BCUT2D eigenvalue weighted by Gasteiger charge is 2.15. The smallest absolute Gasteiger partial charge is 0.190 e. The number of nitrogens with one attached hydrogen (secondary N) is 2. The fourth-order valence-electron chi connectivity index (χ4n) is 2.72. The van der Waals surface area contributed by atoms with E-state index in [1.54, 1.807) is 14.2 Å². The van der Waals surface area contributed by atoms with Crippen molar-refractivity contribution in [2.24, 2.45) is 10.9 Å². The van der Waals surface area contributed by atoms with Gasteiger partial charge in [0.25, 0.3) is 0 Å². The van der Waals surface area contributed by atoms with Gasteiger partial charge in [-0.1, -0.05) is 12.1 Å². The van der Waals surface area contributed by atoms with Crippen LogP contribution in [0.5, 0.6) is 5.75 Å². The van der Waals surface area contributed by atoms with Gasteiger partial charge in [0.1, 0.15) is 5.75 Å². The monoisotopic (exact) mass is 349 g/mol. The molecule has 0 radical (unpaired) electrons. The van der Waals surface area contributed by atoms with Crippen molar-refractivity contribution in [3.8, 4) is 5.75 Å². The van der Waals surface area contributed by atoms with Gasteiger partial charge in [-0.05, 0) is 37.0 Å². The first-order valence-corrected chi connectivity index (χ1v) is 9.04. The lowest BCUT2D eigenvalue weighted by Crippen LogP contribution is -2.39. The van der Waals surface area contributed by atoms with Crippen LogP contribution in [0.4, 0.5) is 0 Å². The van der Waals surface area contributed by atoms with Crippen molar-refractivity contribution >= 4 is 5.96 Å². The first-order chi connectivity index (χ1) is 12.3. The summed E-state index contributed by atoms with van der Waals surface area (Å²) in [4.78, 5) is 4.25. The van der Waals surface area contributed by atoms with E-state index in [9.17, 15) is 0 Å². The third kappa shape index (κ3) is 7.75. The van der Waals surface area contributed by atoms with Crippen LogP contribution < -0.4 is 15.4 Å². The van der Waals surface area contributed by atoms with Crippen molar-refractivity contribution in [1.29, 1.82) is 0 Å². The number of nitrogens with zero attached hydrogens (tertiary/aromatic N) is 1. The van der Waals surface area contributed by atoms with Crippen LogP contribution in [0.3, 0.4) is 0 Å². The van der Waals surface area contributed by atoms with Crippen LogP contribution in [0.25, 0.3) is 0 Å². The van der Waals surface area contributed by atoms with Crippen molar-refractivity contribution in [3.63, 3.8) is 0 Å². The number of ether oxygens (including phenoxy) is 3. The number of benzene rings is 1. The molecule has 1 aromatic rings. The average Bonchev–Trinajstić information content (AvgIpc) is 3.16. The molecule has 1 aromatic carbocycles. The number of methoxy groups -OCH3 is 1. The highest BCUT2D eigenvalue weighted by atomic mass is 16.5. The van der Waals surface area contributed by atoms with Gasteiger partial charge in [0.15, 0.2) is 5.96 Å². The molecule has 1 aliphatic heterocycles. The van der Waals surface area contributed by atoms with Crippen molar-refractivity contribution < 1.29 is 14.2 Å². The molecule has 0 saturated carbocycles. The highest BCUT2D eigenvalue weighted by Crippen LogP contribution is 2.13. The van der Waals surface area contributed by atoms with Crippen LogP contribution in [-0.4, -0.2) is 59.6 Å². The molecule has 1 atom stereocenters. The van der Waals surface area contributed by atoms with Gasteiger partial charge in [-0.3, -0.25) is 4.99 Å². The number of guanidine groups is 1. The van der Waals surface area contributed by atoms with Crippen LogP contribution >= 0.6 is 0 Å². The van der Waals surface area contributed by atoms with E-state index in [-0.39, 0.29) is 0 Å². The molecule has 1 fully saturated rings. The van der Waals surface area contributed by atoms with Crippen molar-refractivity contribution in [1.82, 2.24) is 10.6 Å². The summed E-state index contributed by atoms with van der Waals surface area (Å²) in [7, 11) is 3.48. The first kappa shape index (κ1) is 19.5. The Morgan fingerprint density at radius 3 is 2.96 bits per heavy atom. The molecule has 140 valence electrons. The van der Waals surface area contributed by atoms with E-state index in [1.807, 2.05) is 12.1 Å². The average molecular weight is 349 g/mol. The van der Waals surface area contributed by atoms with E-state index in [2.05, 4.69) is 27.8 Å². The zero-order chi connectivity index (χ0) is 17.7. The Kier molecular flexibility index (Phi) is 9.15. The Labute approximate surface area is 151 Å². The Balaban J connectivity index is 1.52. The van der Waals surface area contributed by atoms with Crippen LogP contribution in [0.2, 0.25) is 0 Å². The van der Waals surface area contributed by atoms with Crippen LogP contribution in [0.15, 0.2) is 29.3 Å². The summed E-state index contributed by atoms with van der Waals surface area (Å²) in [6.45, 7) is 4.98. The SMILES string of the molecule is CN=C(NCCCOCC1CCOC1)NCCc1cccc(OC)c1. The second-order valence-corrected chi connectivity index (χ2v) is 6.19. The van der Waals surface area contributed by atoms with Crippen LogP contribution in [0.1, 0.15) is 18.4 Å². The zero-order valence-corrected chi connectivity index (χ0v) is 15.4. The lowest BCUT2D eigenvalue weighted by atomic mass is 10.1. The molecule has 1 heterocycles. The largest absolute Gasteiger partial charge is 0.497 e. The Morgan fingerprint density at radius 1 is 1.32 bits per heavy atom. The highest BCUT2D eigenvalue weighted by molar-refractivity contribution is 5.79. The molecule has 0 aromatic heterocycles. The number of aliphatic imine (C=N–C) groups is 1.